The van der Waals surface area contributed by atoms with Crippen LogP contribution in [0.15, 0.2) is 36.8 Å². The van der Waals surface area contributed by atoms with Crippen molar-refractivity contribution < 1.29 is 9.47 Å². The van der Waals surface area contributed by atoms with Gasteiger partial charge in [0.2, 0.25) is 6.29 Å². The number of hydrogen-bond acceptors (Lipinski definition) is 4. The third-order valence-corrected chi connectivity index (χ3v) is 2.91. The Labute approximate surface area is 113 Å². The summed E-state index contributed by atoms with van der Waals surface area (Å²) in [6, 6.07) is 8.26. The molecule has 1 aromatic carbocycles. The molecule has 0 radical (unpaired) electrons. The summed E-state index contributed by atoms with van der Waals surface area (Å²) >= 11 is 0. The second-order valence-electron chi connectivity index (χ2n) is 4.19. The molecule has 5 nitrogen and oxygen atoms in total. The molecule has 0 bridgehead atoms. The van der Waals surface area contributed by atoms with Crippen LogP contribution < -0.4 is 5.32 Å². The smallest absolute Gasteiger partial charge is 0.200 e. The first-order valence-electron chi connectivity index (χ1n) is 6.12. The van der Waals surface area contributed by atoms with E-state index in [0.29, 0.717) is 0 Å². The predicted molar refractivity (Wildman–Crippen MR) is 73.1 cm³/mol. The van der Waals surface area contributed by atoms with Crippen molar-refractivity contribution in [2.45, 2.75) is 12.8 Å². The number of imidazole rings is 1. The van der Waals surface area contributed by atoms with Crippen LogP contribution in [0.25, 0.3) is 5.69 Å². The number of hydrogen-bond donors (Lipinski definition) is 1. The minimum Gasteiger partial charge on any atom is -0.350 e. The fraction of sp³-hybridized carbons (Fsp3) is 0.357. The molecule has 0 aliphatic carbocycles. The van der Waals surface area contributed by atoms with E-state index in [1.165, 1.54) is 5.56 Å². The molecule has 0 saturated carbocycles. The molecule has 19 heavy (non-hydrogen) atoms. The van der Waals surface area contributed by atoms with Gasteiger partial charge in [0.05, 0.1) is 18.2 Å². The highest BCUT2D eigenvalue weighted by Crippen LogP contribution is 2.21. The van der Waals surface area contributed by atoms with Gasteiger partial charge in [0.15, 0.2) is 0 Å². The zero-order chi connectivity index (χ0) is 13.7. The van der Waals surface area contributed by atoms with E-state index in [4.69, 9.17) is 9.47 Å². The monoisotopic (exact) mass is 261 g/mol. The Balaban J connectivity index is 2.36. The van der Waals surface area contributed by atoms with E-state index < -0.39 is 6.29 Å². The molecular weight excluding hydrogens is 242 g/mol. The van der Waals surface area contributed by atoms with E-state index in [1.807, 2.05) is 23.7 Å². The standard InChI is InChI=1S/C14H19N3O2/c1-15-8-11-5-4-6-12(7-11)17-10-16-9-13(17)14(18-2)19-3/h4-7,9-10,14-15H,8H2,1-3H3. The Morgan fingerprint density at radius 1 is 1.32 bits per heavy atom. The summed E-state index contributed by atoms with van der Waals surface area (Å²) in [7, 11) is 5.16. The summed E-state index contributed by atoms with van der Waals surface area (Å²) in [5.74, 6) is 0. The van der Waals surface area contributed by atoms with Gasteiger partial charge in [-0.15, -0.1) is 0 Å². The Kier molecular flexibility index (Phi) is 4.68. The maximum atomic E-state index is 5.29. The normalized spacial score (nSPS) is 11.2. The van der Waals surface area contributed by atoms with Gasteiger partial charge < -0.3 is 14.8 Å². The van der Waals surface area contributed by atoms with E-state index in [0.717, 1.165) is 17.9 Å². The third kappa shape index (κ3) is 3.01. The molecule has 2 aromatic rings. The molecular formula is C14H19N3O2. The lowest BCUT2D eigenvalue weighted by atomic mass is 10.2. The maximum absolute atomic E-state index is 5.29. The molecule has 5 heteroatoms. The first-order valence-corrected chi connectivity index (χ1v) is 6.12. The summed E-state index contributed by atoms with van der Waals surface area (Å²) in [5.41, 5.74) is 3.12. The van der Waals surface area contributed by atoms with E-state index in [1.54, 1.807) is 26.7 Å². The molecule has 0 amide bonds. The van der Waals surface area contributed by atoms with Gasteiger partial charge in [0.25, 0.3) is 0 Å². The molecule has 0 atom stereocenters. The Morgan fingerprint density at radius 3 is 2.79 bits per heavy atom. The molecule has 0 spiro atoms. The minimum atomic E-state index is -0.421. The summed E-state index contributed by atoms with van der Waals surface area (Å²) in [6.07, 6.45) is 3.09. The largest absolute Gasteiger partial charge is 0.350 e. The predicted octanol–water partition coefficient (Wildman–Crippen LogP) is 1.88. The molecule has 1 aromatic heterocycles. The zero-order valence-corrected chi connectivity index (χ0v) is 11.5. The summed E-state index contributed by atoms with van der Waals surface area (Å²) in [4.78, 5) is 4.18. The van der Waals surface area contributed by atoms with Crippen LogP contribution in [0.1, 0.15) is 17.5 Å². The van der Waals surface area contributed by atoms with Crippen molar-refractivity contribution in [2.24, 2.45) is 0 Å². The third-order valence-electron chi connectivity index (χ3n) is 2.91. The molecule has 1 heterocycles. The van der Waals surface area contributed by atoms with Gasteiger partial charge in [0.1, 0.15) is 0 Å². The SMILES string of the molecule is CNCc1cccc(-n2cncc2C(OC)OC)c1. The number of nitrogens with zero attached hydrogens (tertiary/aromatic N) is 2. The number of nitrogens with one attached hydrogen (secondary N) is 1. The van der Waals surface area contributed by atoms with E-state index in [-0.39, 0.29) is 0 Å². The topological polar surface area (TPSA) is 48.3 Å². The molecule has 2 rings (SSSR count). The van der Waals surface area contributed by atoms with Crippen LogP contribution in [0.3, 0.4) is 0 Å². The number of methoxy groups -OCH3 is 2. The van der Waals surface area contributed by atoms with Crippen LogP contribution in [0.2, 0.25) is 0 Å². The molecule has 1 N–H and O–H groups in total. The van der Waals surface area contributed by atoms with Crippen LogP contribution in [-0.4, -0.2) is 30.8 Å². The lowest BCUT2D eigenvalue weighted by molar-refractivity contribution is -0.109. The van der Waals surface area contributed by atoms with Crippen molar-refractivity contribution in [1.29, 1.82) is 0 Å². The average molecular weight is 261 g/mol. The van der Waals surface area contributed by atoms with E-state index >= 15 is 0 Å². The number of ether oxygens (including phenoxy) is 2. The summed E-state index contributed by atoms with van der Waals surface area (Å²) in [6.45, 7) is 0.829. The molecule has 0 fully saturated rings. The zero-order valence-electron chi connectivity index (χ0n) is 11.5. The maximum Gasteiger partial charge on any atom is 0.200 e. The highest BCUT2D eigenvalue weighted by molar-refractivity contribution is 5.37. The molecule has 0 aliphatic heterocycles. The first kappa shape index (κ1) is 13.7. The van der Waals surface area contributed by atoms with Crippen molar-refractivity contribution in [3.63, 3.8) is 0 Å². The number of benzene rings is 1. The van der Waals surface area contributed by atoms with Gasteiger partial charge >= 0.3 is 0 Å². The molecule has 0 saturated heterocycles. The van der Waals surface area contributed by atoms with Crippen LogP contribution in [0.4, 0.5) is 0 Å². The number of aromatic nitrogens is 2. The van der Waals surface area contributed by atoms with Gasteiger partial charge in [-0.3, -0.25) is 4.57 Å². The van der Waals surface area contributed by atoms with Crippen LogP contribution in [0.5, 0.6) is 0 Å². The van der Waals surface area contributed by atoms with Crippen molar-refractivity contribution in [1.82, 2.24) is 14.9 Å². The minimum absolute atomic E-state index is 0.421. The fourth-order valence-corrected chi connectivity index (χ4v) is 2.05. The number of rotatable bonds is 6. The van der Waals surface area contributed by atoms with Crippen molar-refractivity contribution >= 4 is 0 Å². The van der Waals surface area contributed by atoms with Gasteiger partial charge in [-0.1, -0.05) is 12.1 Å². The van der Waals surface area contributed by atoms with Crippen molar-refractivity contribution in [3.05, 3.63) is 48.0 Å². The Bertz CT molecular complexity index is 521. The lowest BCUT2D eigenvalue weighted by Crippen LogP contribution is -2.10. The van der Waals surface area contributed by atoms with Crippen molar-refractivity contribution in [3.8, 4) is 5.69 Å². The van der Waals surface area contributed by atoms with Crippen LogP contribution in [0, 0.1) is 0 Å². The van der Waals surface area contributed by atoms with E-state index in [9.17, 15) is 0 Å². The molecule has 0 aliphatic rings. The van der Waals surface area contributed by atoms with Crippen LogP contribution >= 0.6 is 0 Å². The van der Waals surface area contributed by atoms with Crippen LogP contribution in [-0.2, 0) is 16.0 Å². The highest BCUT2D eigenvalue weighted by atomic mass is 16.7. The summed E-state index contributed by atoms with van der Waals surface area (Å²) < 4.78 is 12.5. The Hall–Kier alpha value is -1.69. The molecule has 102 valence electrons. The van der Waals surface area contributed by atoms with Crippen molar-refractivity contribution in [2.75, 3.05) is 21.3 Å². The van der Waals surface area contributed by atoms with Gasteiger partial charge in [-0.25, -0.2) is 4.98 Å². The second kappa shape index (κ2) is 6.47. The first-order chi connectivity index (χ1) is 9.30. The quantitative estimate of drug-likeness (QED) is 0.807. The fourth-order valence-electron chi connectivity index (χ4n) is 2.05. The highest BCUT2D eigenvalue weighted by Gasteiger charge is 2.15. The second-order valence-corrected chi connectivity index (χ2v) is 4.19. The summed E-state index contributed by atoms with van der Waals surface area (Å²) in [5, 5.41) is 3.14. The van der Waals surface area contributed by atoms with Gasteiger partial charge in [-0.2, -0.15) is 0 Å². The Morgan fingerprint density at radius 2 is 2.11 bits per heavy atom. The lowest BCUT2D eigenvalue weighted by Gasteiger charge is -2.16. The van der Waals surface area contributed by atoms with Gasteiger partial charge in [-0.05, 0) is 24.7 Å². The van der Waals surface area contributed by atoms with E-state index in [2.05, 4.69) is 22.4 Å². The average Bonchev–Trinajstić information content (AvgIpc) is 2.90. The van der Waals surface area contributed by atoms with Gasteiger partial charge in [0, 0.05) is 26.5 Å². The molecule has 0 unspecified atom stereocenters.